The minimum Gasteiger partial charge on any atom is -0.550 e. The number of nitrogens with one attached hydrogen (secondary N) is 2. The molecule has 0 aliphatic rings. The van der Waals surface area contributed by atoms with E-state index in [1.807, 2.05) is 48.5 Å². The van der Waals surface area contributed by atoms with Gasteiger partial charge in [-0.05, 0) is 61.5 Å². The maximum Gasteiger partial charge on any atom is 2.00 e. The van der Waals surface area contributed by atoms with Gasteiger partial charge in [0.1, 0.15) is 0 Å². The zero-order valence-corrected chi connectivity index (χ0v) is 22.2. The summed E-state index contributed by atoms with van der Waals surface area (Å²) >= 11 is 9.77. The molecule has 4 rings (SSSR count). The Morgan fingerprint density at radius 2 is 1.09 bits per heavy atom. The van der Waals surface area contributed by atoms with Crippen molar-refractivity contribution in [3.05, 3.63) is 48.5 Å². The molecule has 0 bridgehead atoms. The average Bonchev–Trinajstić information content (AvgIpc) is 3.39. The van der Waals surface area contributed by atoms with Crippen LogP contribution in [0.1, 0.15) is 25.7 Å². The second-order valence-corrected chi connectivity index (χ2v) is 7.72. The first-order chi connectivity index (χ1) is 16.3. The molecule has 0 saturated carbocycles. The molecular formula is C22H18CaN4O6S2. The largest absolute Gasteiger partial charge is 2.00 e. The van der Waals surface area contributed by atoms with Crippen molar-refractivity contribution in [2.75, 3.05) is 0 Å². The molecule has 2 N–H and O–H groups in total. The molecule has 0 atom stereocenters. The zero-order valence-electron chi connectivity index (χ0n) is 18.3. The molecule has 4 aromatic rings. The number of carbonyl (C=O) groups excluding carboxylic acids is 2. The van der Waals surface area contributed by atoms with Crippen molar-refractivity contribution in [1.82, 2.24) is 19.9 Å². The number of fused-ring (bicyclic) bond motifs is 2. The molecule has 0 aliphatic heterocycles. The molecule has 0 unspecified atom stereocenters. The number of H-pyrrole nitrogens is 2. The Labute approximate surface area is 240 Å². The Balaban J connectivity index is 0.000000240. The number of carboxylic acid groups (broad SMARTS) is 2. The van der Waals surface area contributed by atoms with Crippen LogP contribution in [0.2, 0.25) is 0 Å². The van der Waals surface area contributed by atoms with Gasteiger partial charge in [-0.2, -0.15) is 9.97 Å². The van der Waals surface area contributed by atoms with Crippen LogP contribution in [0.3, 0.4) is 0 Å². The first-order valence-electron chi connectivity index (χ1n) is 10.0. The third kappa shape index (κ3) is 9.49. The van der Waals surface area contributed by atoms with Gasteiger partial charge in [-0.15, -0.1) is 0 Å². The SMILES string of the molecule is O=C([O-])CCC(=S)Oc1nc2ccccc2[nH]1.O=C([O-])CCC(=S)Oc1nc2ccccc2[nH]1.[Ca+2]. The van der Waals surface area contributed by atoms with E-state index >= 15 is 0 Å². The van der Waals surface area contributed by atoms with Crippen LogP contribution in [0.25, 0.3) is 22.1 Å². The number of aromatic nitrogens is 4. The van der Waals surface area contributed by atoms with Crippen molar-refractivity contribution < 1.29 is 29.3 Å². The number of hydrogen-bond acceptors (Lipinski definition) is 10. The van der Waals surface area contributed by atoms with Gasteiger partial charge in [0, 0.05) is 24.8 Å². The van der Waals surface area contributed by atoms with E-state index < -0.39 is 11.9 Å². The second-order valence-electron chi connectivity index (χ2n) is 6.81. The standard InChI is InChI=1S/2C11H10N2O3S.Ca/c2*14-9(15)5-6-10(17)16-11-12-7-3-1-2-4-8(7)13-11;/h2*1-4H,5-6H2,(H,12,13)(H,14,15);/q;;+2/p-2. The predicted molar refractivity (Wildman–Crippen MR) is 133 cm³/mol. The molecule has 2 aromatic carbocycles. The molecule has 0 radical (unpaired) electrons. The fourth-order valence-corrected chi connectivity index (χ4v) is 3.04. The van der Waals surface area contributed by atoms with E-state index in [0.29, 0.717) is 0 Å². The molecule has 176 valence electrons. The molecule has 0 amide bonds. The third-order valence-corrected chi connectivity index (χ3v) is 4.80. The molecule has 0 spiro atoms. The number of para-hydroxylation sites is 4. The molecule has 0 saturated heterocycles. The molecular weight excluding hydrogens is 520 g/mol. The molecule has 0 fully saturated rings. The monoisotopic (exact) mass is 538 g/mol. The van der Waals surface area contributed by atoms with E-state index in [1.54, 1.807) is 0 Å². The number of carboxylic acids is 2. The van der Waals surface area contributed by atoms with E-state index in [-0.39, 0.29) is 85.5 Å². The summed E-state index contributed by atoms with van der Waals surface area (Å²) in [5, 5.41) is 20.8. The number of nitrogens with zero attached hydrogens (tertiary/aromatic N) is 2. The van der Waals surface area contributed by atoms with Gasteiger partial charge in [0.15, 0.2) is 10.1 Å². The quantitative estimate of drug-likeness (QED) is 0.247. The van der Waals surface area contributed by atoms with Gasteiger partial charge in [0.2, 0.25) is 0 Å². The smallest absolute Gasteiger partial charge is 0.550 e. The average molecular weight is 539 g/mol. The Bertz CT molecular complexity index is 1170. The molecule has 10 nitrogen and oxygen atoms in total. The molecule has 35 heavy (non-hydrogen) atoms. The first-order valence-corrected chi connectivity index (χ1v) is 10.8. The predicted octanol–water partition coefficient (Wildman–Crippen LogP) is 1.22. The minimum absolute atomic E-state index is 0. The van der Waals surface area contributed by atoms with Gasteiger partial charge < -0.3 is 39.2 Å². The van der Waals surface area contributed by atoms with E-state index in [1.165, 1.54) is 0 Å². The number of ether oxygens (including phenoxy) is 2. The Morgan fingerprint density at radius 1 is 0.714 bits per heavy atom. The maximum absolute atomic E-state index is 10.2. The van der Waals surface area contributed by atoms with Gasteiger partial charge in [-0.25, -0.2) is 0 Å². The van der Waals surface area contributed by atoms with E-state index in [0.717, 1.165) is 22.1 Å². The number of rotatable bonds is 8. The molecule has 2 aromatic heterocycles. The maximum atomic E-state index is 10.2. The fraction of sp³-hybridized carbons (Fsp3) is 0.182. The summed E-state index contributed by atoms with van der Waals surface area (Å²) in [4.78, 5) is 34.7. The van der Waals surface area contributed by atoms with Gasteiger partial charge in [0.25, 0.3) is 0 Å². The number of thiocarbonyl (C=S) groups is 2. The van der Waals surface area contributed by atoms with Gasteiger partial charge in [0.05, 0.1) is 22.1 Å². The Kier molecular flexibility index (Phi) is 11.5. The summed E-state index contributed by atoms with van der Waals surface area (Å²) in [7, 11) is 0. The van der Waals surface area contributed by atoms with Crippen LogP contribution in [-0.4, -0.2) is 79.7 Å². The number of hydrogen-bond donors (Lipinski definition) is 2. The Morgan fingerprint density at radius 3 is 1.43 bits per heavy atom. The van der Waals surface area contributed by atoms with Gasteiger partial charge in [-0.1, -0.05) is 24.3 Å². The van der Waals surface area contributed by atoms with E-state index in [2.05, 4.69) is 19.9 Å². The second kappa shape index (κ2) is 14.0. The van der Waals surface area contributed by atoms with Crippen LogP contribution >= 0.6 is 24.4 Å². The minimum atomic E-state index is -1.15. The number of carbonyl (C=O) groups is 2. The van der Waals surface area contributed by atoms with Crippen LogP contribution in [0.5, 0.6) is 12.0 Å². The van der Waals surface area contributed by atoms with Crippen LogP contribution in [0.15, 0.2) is 48.5 Å². The van der Waals surface area contributed by atoms with E-state index in [4.69, 9.17) is 33.9 Å². The molecule has 2 heterocycles. The number of imidazole rings is 2. The topological polar surface area (TPSA) is 156 Å². The van der Waals surface area contributed by atoms with Crippen molar-refractivity contribution in [2.45, 2.75) is 25.7 Å². The van der Waals surface area contributed by atoms with Crippen molar-refractivity contribution >= 4 is 106 Å². The summed E-state index contributed by atoms with van der Waals surface area (Å²) < 4.78 is 10.4. The van der Waals surface area contributed by atoms with Crippen molar-refractivity contribution in [3.8, 4) is 12.0 Å². The van der Waals surface area contributed by atoms with Crippen LogP contribution in [0, 0.1) is 0 Å². The third-order valence-electron chi connectivity index (χ3n) is 4.22. The first kappa shape index (κ1) is 28.6. The molecule has 13 heteroatoms. The van der Waals surface area contributed by atoms with Crippen LogP contribution in [-0.2, 0) is 9.59 Å². The zero-order chi connectivity index (χ0) is 24.5. The van der Waals surface area contributed by atoms with Crippen LogP contribution < -0.4 is 19.7 Å². The Hall–Kier alpha value is -2.64. The van der Waals surface area contributed by atoms with Crippen molar-refractivity contribution in [2.24, 2.45) is 0 Å². The van der Waals surface area contributed by atoms with E-state index in [9.17, 15) is 19.8 Å². The number of aromatic amines is 2. The fourth-order valence-electron chi connectivity index (χ4n) is 2.68. The summed E-state index contributed by atoms with van der Waals surface area (Å²) in [6.45, 7) is 0. The summed E-state index contributed by atoms with van der Waals surface area (Å²) in [6.07, 6.45) is -0.0401. The molecule has 0 aliphatic carbocycles. The summed E-state index contributed by atoms with van der Waals surface area (Å²) in [5.41, 5.74) is 3.21. The summed E-state index contributed by atoms with van der Waals surface area (Å²) in [6, 6.07) is 15.4. The number of benzene rings is 2. The van der Waals surface area contributed by atoms with Crippen molar-refractivity contribution in [3.63, 3.8) is 0 Å². The van der Waals surface area contributed by atoms with Gasteiger partial charge in [-0.3, -0.25) is 0 Å². The van der Waals surface area contributed by atoms with Gasteiger partial charge >= 0.3 is 49.8 Å². The van der Waals surface area contributed by atoms with Crippen LogP contribution in [0.4, 0.5) is 0 Å². The number of aliphatic carboxylic acids is 2. The van der Waals surface area contributed by atoms with Crippen molar-refractivity contribution in [1.29, 1.82) is 0 Å². The normalized spacial score (nSPS) is 10.1. The summed E-state index contributed by atoms with van der Waals surface area (Å²) in [5.74, 6) is -2.30.